The van der Waals surface area contributed by atoms with Gasteiger partial charge in [-0.3, -0.25) is 0 Å². The minimum atomic E-state index is 0. The van der Waals surface area contributed by atoms with Crippen LogP contribution in [0, 0.1) is 0 Å². The fraction of sp³-hybridized carbons (Fsp3) is 0.500. The van der Waals surface area contributed by atoms with Crippen molar-refractivity contribution in [2.24, 2.45) is 4.99 Å². The molecule has 1 aliphatic rings. The number of guanidine groups is 1. The number of nitrogens with zero attached hydrogens (tertiary/aromatic N) is 3. The average Bonchev–Trinajstić information content (AvgIpc) is 3.12. The van der Waals surface area contributed by atoms with Gasteiger partial charge in [0.2, 0.25) is 0 Å². The van der Waals surface area contributed by atoms with Crippen LogP contribution in [0.3, 0.4) is 0 Å². The summed E-state index contributed by atoms with van der Waals surface area (Å²) in [4.78, 5) is 11.6. The minimum Gasteiger partial charge on any atom is -0.363 e. The van der Waals surface area contributed by atoms with E-state index in [0.717, 1.165) is 23.8 Å². The fourth-order valence-corrected chi connectivity index (χ4v) is 3.34. The molecule has 1 aromatic heterocycles. The van der Waals surface area contributed by atoms with E-state index < -0.39 is 0 Å². The van der Waals surface area contributed by atoms with Gasteiger partial charge in [-0.15, -0.1) is 24.0 Å². The standard InChI is InChI=1S/C20H29N5.HI/c1-4-21-20(23-16-9-5-6-10-16)22-14-15-13-19(25(2)3)24-18-12-8-7-11-17(15)18;/h7-8,11-13,16H,4-6,9-10,14H2,1-3H3,(H2,21,22,23);1H. The van der Waals surface area contributed by atoms with Crippen LogP contribution in [0.25, 0.3) is 10.9 Å². The maximum Gasteiger partial charge on any atom is 0.191 e. The Balaban J connectivity index is 0.00000243. The van der Waals surface area contributed by atoms with Gasteiger partial charge in [0.15, 0.2) is 5.96 Å². The maximum absolute atomic E-state index is 4.85. The number of anilines is 1. The third kappa shape index (κ3) is 5.22. The second-order valence-corrected chi connectivity index (χ2v) is 6.87. The van der Waals surface area contributed by atoms with Crippen molar-refractivity contribution >= 4 is 46.7 Å². The second kappa shape index (κ2) is 9.94. The molecular weight excluding hydrogens is 437 g/mol. The van der Waals surface area contributed by atoms with Crippen LogP contribution in [0.5, 0.6) is 0 Å². The molecule has 0 saturated heterocycles. The first-order chi connectivity index (χ1) is 12.2. The highest BCUT2D eigenvalue weighted by Crippen LogP contribution is 2.23. The summed E-state index contributed by atoms with van der Waals surface area (Å²) in [6, 6.07) is 11.0. The number of hydrogen-bond donors (Lipinski definition) is 2. The van der Waals surface area contributed by atoms with E-state index in [4.69, 9.17) is 9.98 Å². The van der Waals surface area contributed by atoms with Crippen molar-refractivity contribution in [3.05, 3.63) is 35.9 Å². The number of aromatic nitrogens is 1. The normalized spacial score (nSPS) is 15.0. The average molecular weight is 467 g/mol. The first kappa shape index (κ1) is 20.7. The first-order valence-electron chi connectivity index (χ1n) is 9.28. The lowest BCUT2D eigenvalue weighted by atomic mass is 10.1. The Bertz CT molecular complexity index is 738. The lowest BCUT2D eigenvalue weighted by Crippen LogP contribution is -2.42. The number of para-hydroxylation sites is 1. The second-order valence-electron chi connectivity index (χ2n) is 6.87. The predicted octanol–water partition coefficient (Wildman–Crippen LogP) is 3.92. The topological polar surface area (TPSA) is 52.6 Å². The molecular formula is C20H30IN5. The zero-order valence-electron chi connectivity index (χ0n) is 16.0. The van der Waals surface area contributed by atoms with E-state index in [1.165, 1.54) is 36.6 Å². The highest BCUT2D eigenvalue weighted by molar-refractivity contribution is 14.0. The molecule has 1 heterocycles. The number of halogens is 1. The van der Waals surface area contributed by atoms with Gasteiger partial charge in [-0.05, 0) is 37.5 Å². The Morgan fingerprint density at radius 1 is 1.23 bits per heavy atom. The third-order valence-corrected chi connectivity index (χ3v) is 4.69. The minimum absolute atomic E-state index is 0. The Hall–Kier alpha value is -1.57. The van der Waals surface area contributed by atoms with Crippen molar-refractivity contribution in [2.45, 2.75) is 45.2 Å². The first-order valence-corrected chi connectivity index (χ1v) is 9.28. The number of pyridine rings is 1. The molecule has 0 bridgehead atoms. The molecule has 3 rings (SSSR count). The monoisotopic (exact) mass is 467 g/mol. The van der Waals surface area contributed by atoms with Crippen molar-refractivity contribution in [3.63, 3.8) is 0 Å². The molecule has 2 N–H and O–H groups in total. The van der Waals surface area contributed by atoms with Crippen LogP contribution in [-0.4, -0.2) is 37.6 Å². The number of fused-ring (bicyclic) bond motifs is 1. The number of hydrogen-bond acceptors (Lipinski definition) is 3. The zero-order chi connectivity index (χ0) is 17.6. The van der Waals surface area contributed by atoms with Crippen LogP contribution in [0.4, 0.5) is 5.82 Å². The summed E-state index contributed by atoms with van der Waals surface area (Å²) in [6.07, 6.45) is 5.12. The van der Waals surface area contributed by atoms with Crippen molar-refractivity contribution in [1.29, 1.82) is 0 Å². The van der Waals surface area contributed by atoms with Gasteiger partial charge in [-0.2, -0.15) is 0 Å². The van der Waals surface area contributed by atoms with Gasteiger partial charge >= 0.3 is 0 Å². The van der Waals surface area contributed by atoms with E-state index >= 15 is 0 Å². The maximum atomic E-state index is 4.85. The quantitative estimate of drug-likeness (QED) is 0.398. The molecule has 0 radical (unpaired) electrons. The van der Waals surface area contributed by atoms with E-state index in [2.05, 4.69) is 41.8 Å². The smallest absolute Gasteiger partial charge is 0.191 e. The van der Waals surface area contributed by atoms with Gasteiger partial charge in [0.1, 0.15) is 5.82 Å². The van der Waals surface area contributed by atoms with Crippen LogP contribution >= 0.6 is 24.0 Å². The van der Waals surface area contributed by atoms with Crippen LogP contribution in [0.1, 0.15) is 38.2 Å². The van der Waals surface area contributed by atoms with E-state index in [9.17, 15) is 0 Å². The molecule has 1 aliphatic carbocycles. The third-order valence-electron chi connectivity index (χ3n) is 4.69. The van der Waals surface area contributed by atoms with Crippen LogP contribution in [-0.2, 0) is 6.54 Å². The number of nitrogens with one attached hydrogen (secondary N) is 2. The van der Waals surface area contributed by atoms with E-state index in [0.29, 0.717) is 12.6 Å². The van der Waals surface area contributed by atoms with Gasteiger partial charge in [-0.1, -0.05) is 31.0 Å². The summed E-state index contributed by atoms with van der Waals surface area (Å²) >= 11 is 0. The van der Waals surface area contributed by atoms with Gasteiger partial charge < -0.3 is 15.5 Å². The summed E-state index contributed by atoms with van der Waals surface area (Å²) in [5.74, 6) is 1.89. The van der Waals surface area contributed by atoms with Crippen molar-refractivity contribution in [1.82, 2.24) is 15.6 Å². The summed E-state index contributed by atoms with van der Waals surface area (Å²) < 4.78 is 0. The Kier molecular flexibility index (Phi) is 7.93. The molecule has 5 nitrogen and oxygen atoms in total. The molecule has 0 aliphatic heterocycles. The van der Waals surface area contributed by atoms with Crippen molar-refractivity contribution in [2.75, 3.05) is 25.5 Å². The molecule has 2 aromatic rings. The van der Waals surface area contributed by atoms with E-state index in [-0.39, 0.29) is 24.0 Å². The lowest BCUT2D eigenvalue weighted by Gasteiger charge is -2.17. The Labute approximate surface area is 173 Å². The number of benzene rings is 1. The number of aliphatic imine (C=N–C) groups is 1. The van der Waals surface area contributed by atoms with E-state index in [1.807, 2.05) is 25.1 Å². The van der Waals surface area contributed by atoms with Gasteiger partial charge in [0, 0.05) is 32.1 Å². The zero-order valence-corrected chi connectivity index (χ0v) is 18.3. The molecule has 0 amide bonds. The van der Waals surface area contributed by atoms with Crippen LogP contribution in [0.2, 0.25) is 0 Å². The molecule has 6 heteroatoms. The summed E-state index contributed by atoms with van der Waals surface area (Å²) in [6.45, 7) is 3.63. The predicted molar refractivity (Wildman–Crippen MR) is 122 cm³/mol. The van der Waals surface area contributed by atoms with Gasteiger partial charge in [0.25, 0.3) is 0 Å². The molecule has 0 atom stereocenters. The number of rotatable bonds is 5. The molecule has 26 heavy (non-hydrogen) atoms. The highest BCUT2D eigenvalue weighted by Gasteiger charge is 2.16. The van der Waals surface area contributed by atoms with Gasteiger partial charge in [0.05, 0.1) is 12.1 Å². The largest absolute Gasteiger partial charge is 0.363 e. The lowest BCUT2D eigenvalue weighted by molar-refractivity contribution is 0.614. The summed E-state index contributed by atoms with van der Waals surface area (Å²) in [5, 5.41) is 8.14. The Morgan fingerprint density at radius 3 is 2.65 bits per heavy atom. The van der Waals surface area contributed by atoms with Crippen molar-refractivity contribution < 1.29 is 0 Å². The van der Waals surface area contributed by atoms with Crippen LogP contribution < -0.4 is 15.5 Å². The molecule has 0 unspecified atom stereocenters. The highest BCUT2D eigenvalue weighted by atomic mass is 127. The molecule has 142 valence electrons. The SMILES string of the molecule is CCNC(=NCc1cc(N(C)C)nc2ccccc12)NC1CCCC1.I. The molecule has 1 saturated carbocycles. The molecule has 0 spiro atoms. The van der Waals surface area contributed by atoms with Crippen molar-refractivity contribution in [3.8, 4) is 0 Å². The molecule has 1 aromatic carbocycles. The summed E-state index contributed by atoms with van der Waals surface area (Å²) in [7, 11) is 4.05. The van der Waals surface area contributed by atoms with Crippen LogP contribution in [0.15, 0.2) is 35.3 Å². The van der Waals surface area contributed by atoms with E-state index in [1.54, 1.807) is 0 Å². The van der Waals surface area contributed by atoms with Gasteiger partial charge in [-0.25, -0.2) is 9.98 Å². The fourth-order valence-electron chi connectivity index (χ4n) is 3.34. The Morgan fingerprint density at radius 2 is 1.96 bits per heavy atom. The summed E-state index contributed by atoms with van der Waals surface area (Å²) in [5.41, 5.74) is 2.23. The molecule has 1 fully saturated rings.